The summed E-state index contributed by atoms with van der Waals surface area (Å²) in [5.41, 5.74) is 2.26. The molecule has 0 unspecified atom stereocenters. The van der Waals surface area contributed by atoms with Crippen molar-refractivity contribution in [2.45, 2.75) is 13.8 Å². The van der Waals surface area contributed by atoms with Crippen molar-refractivity contribution >= 4 is 63.0 Å². The Bertz CT molecular complexity index is 1170. The Morgan fingerprint density at radius 2 is 1.61 bits per heavy atom. The molecular formula is C22H18Cl2N2O4S. The molecule has 2 N–H and O–H groups in total. The van der Waals surface area contributed by atoms with Crippen molar-refractivity contribution in [2.24, 2.45) is 0 Å². The summed E-state index contributed by atoms with van der Waals surface area (Å²) >= 11 is 13.1. The second-order valence-electron chi connectivity index (χ2n) is 6.63. The van der Waals surface area contributed by atoms with E-state index >= 15 is 0 Å². The number of ether oxygens (including phenoxy) is 1. The van der Waals surface area contributed by atoms with E-state index in [1.165, 1.54) is 7.11 Å². The Labute approximate surface area is 193 Å². The van der Waals surface area contributed by atoms with Crippen LogP contribution >= 0.6 is 34.5 Å². The molecule has 0 aliphatic heterocycles. The molecule has 31 heavy (non-hydrogen) atoms. The van der Waals surface area contributed by atoms with Crippen molar-refractivity contribution in [3.63, 3.8) is 0 Å². The van der Waals surface area contributed by atoms with E-state index in [9.17, 15) is 14.4 Å². The number of rotatable bonds is 5. The Kier molecular flexibility index (Phi) is 7.00. The summed E-state index contributed by atoms with van der Waals surface area (Å²) in [4.78, 5) is 38.2. The Hall–Kier alpha value is -2.87. The molecule has 6 nitrogen and oxygen atoms in total. The van der Waals surface area contributed by atoms with Crippen LogP contribution in [0.15, 0.2) is 42.5 Å². The molecule has 3 aromatic rings. The van der Waals surface area contributed by atoms with Crippen LogP contribution in [0.4, 0.5) is 10.7 Å². The van der Waals surface area contributed by atoms with Crippen LogP contribution in [0.3, 0.4) is 0 Å². The minimum absolute atomic E-state index is 0.121. The van der Waals surface area contributed by atoms with E-state index in [-0.39, 0.29) is 20.5 Å². The molecule has 0 bridgehead atoms. The molecule has 3 rings (SSSR count). The third kappa shape index (κ3) is 4.90. The number of anilines is 2. The second-order valence-corrected chi connectivity index (χ2v) is 8.43. The summed E-state index contributed by atoms with van der Waals surface area (Å²) < 4.78 is 4.85. The number of hydrogen-bond acceptors (Lipinski definition) is 5. The van der Waals surface area contributed by atoms with Crippen LogP contribution in [0, 0.1) is 13.8 Å². The summed E-state index contributed by atoms with van der Waals surface area (Å²) in [6, 6.07) is 11.8. The lowest BCUT2D eigenvalue weighted by Gasteiger charge is -2.07. The fourth-order valence-corrected chi connectivity index (χ4v) is 4.26. The molecule has 2 amide bonds. The number of carbonyl (C=O) groups is 3. The lowest BCUT2D eigenvalue weighted by molar-refractivity contribution is 0.0601. The van der Waals surface area contributed by atoms with Gasteiger partial charge in [0.05, 0.1) is 33.3 Å². The lowest BCUT2D eigenvalue weighted by Crippen LogP contribution is -2.14. The number of hydrogen-bond donors (Lipinski definition) is 2. The molecule has 0 atom stereocenters. The van der Waals surface area contributed by atoms with Crippen molar-refractivity contribution < 1.29 is 19.1 Å². The van der Waals surface area contributed by atoms with Crippen molar-refractivity contribution in [1.82, 2.24) is 0 Å². The fraction of sp³-hybridized carbons (Fsp3) is 0.136. The molecule has 160 valence electrons. The number of aryl methyl sites for hydroxylation is 1. The van der Waals surface area contributed by atoms with Gasteiger partial charge in [-0.2, -0.15) is 0 Å². The molecule has 0 radical (unpaired) electrons. The molecule has 1 aromatic heterocycles. The molecule has 9 heteroatoms. The van der Waals surface area contributed by atoms with E-state index < -0.39 is 17.8 Å². The zero-order chi connectivity index (χ0) is 22.7. The van der Waals surface area contributed by atoms with E-state index in [1.54, 1.807) is 37.3 Å². The van der Waals surface area contributed by atoms with Crippen molar-refractivity contribution in [1.29, 1.82) is 0 Å². The zero-order valence-electron chi connectivity index (χ0n) is 16.8. The minimum atomic E-state index is -0.659. The Morgan fingerprint density at radius 3 is 2.26 bits per heavy atom. The first-order valence-electron chi connectivity index (χ1n) is 9.08. The van der Waals surface area contributed by atoms with Crippen LogP contribution in [0.2, 0.25) is 10.0 Å². The molecule has 0 spiro atoms. The largest absolute Gasteiger partial charge is 0.465 e. The van der Waals surface area contributed by atoms with Crippen LogP contribution in [-0.2, 0) is 4.74 Å². The Balaban J connectivity index is 1.95. The van der Waals surface area contributed by atoms with Gasteiger partial charge in [-0.15, -0.1) is 11.3 Å². The lowest BCUT2D eigenvalue weighted by atomic mass is 10.1. The first-order chi connectivity index (χ1) is 14.7. The van der Waals surface area contributed by atoms with Crippen LogP contribution < -0.4 is 10.6 Å². The van der Waals surface area contributed by atoms with Gasteiger partial charge in [0.2, 0.25) is 0 Å². The molecule has 1 heterocycles. The van der Waals surface area contributed by atoms with Gasteiger partial charge in [0.25, 0.3) is 11.8 Å². The van der Waals surface area contributed by atoms with Gasteiger partial charge in [0.15, 0.2) is 0 Å². The maximum absolute atomic E-state index is 12.9. The summed E-state index contributed by atoms with van der Waals surface area (Å²) in [6.07, 6.45) is 0. The quantitative estimate of drug-likeness (QED) is 0.444. The zero-order valence-corrected chi connectivity index (χ0v) is 19.2. The summed E-state index contributed by atoms with van der Waals surface area (Å²) in [6.45, 7) is 3.52. The number of nitrogens with one attached hydrogen (secondary N) is 2. The van der Waals surface area contributed by atoms with Crippen molar-refractivity contribution in [2.75, 3.05) is 17.7 Å². The van der Waals surface area contributed by atoms with E-state index in [4.69, 9.17) is 27.9 Å². The number of halogens is 2. The maximum Gasteiger partial charge on any atom is 0.341 e. The van der Waals surface area contributed by atoms with Crippen LogP contribution in [0.25, 0.3) is 0 Å². The third-order valence-electron chi connectivity index (χ3n) is 4.48. The monoisotopic (exact) mass is 476 g/mol. The maximum atomic E-state index is 12.9. The van der Waals surface area contributed by atoms with Gasteiger partial charge in [0.1, 0.15) is 5.00 Å². The highest BCUT2D eigenvalue weighted by atomic mass is 35.5. The average molecular weight is 477 g/mol. The topological polar surface area (TPSA) is 84.5 Å². The number of thiophene rings is 1. The smallest absolute Gasteiger partial charge is 0.341 e. The van der Waals surface area contributed by atoms with E-state index in [2.05, 4.69) is 10.6 Å². The van der Waals surface area contributed by atoms with E-state index in [1.807, 2.05) is 19.1 Å². The first-order valence-corrected chi connectivity index (χ1v) is 10.6. The number of esters is 1. The van der Waals surface area contributed by atoms with Crippen LogP contribution in [0.5, 0.6) is 0 Å². The van der Waals surface area contributed by atoms with Gasteiger partial charge in [-0.1, -0.05) is 47.0 Å². The predicted octanol–water partition coefficient (Wildman–Crippen LogP) is 5.96. The highest BCUT2D eigenvalue weighted by Crippen LogP contribution is 2.36. The van der Waals surface area contributed by atoms with E-state index in [0.717, 1.165) is 16.9 Å². The SMILES string of the molecule is COC(=O)c1c(NC(=O)c2ccc(C)cc2)sc(C(=O)Nc2cccc(Cl)c2Cl)c1C. The first kappa shape index (κ1) is 22.8. The number of carbonyl (C=O) groups excluding carboxylic acids is 3. The normalized spacial score (nSPS) is 10.5. The van der Waals surface area contributed by atoms with Crippen LogP contribution in [0.1, 0.15) is 41.5 Å². The van der Waals surface area contributed by atoms with Crippen LogP contribution in [-0.4, -0.2) is 24.9 Å². The van der Waals surface area contributed by atoms with Gasteiger partial charge in [0, 0.05) is 5.56 Å². The predicted molar refractivity (Wildman–Crippen MR) is 124 cm³/mol. The highest BCUT2D eigenvalue weighted by Gasteiger charge is 2.27. The summed E-state index contributed by atoms with van der Waals surface area (Å²) in [5, 5.41) is 6.12. The standard InChI is InChI=1S/C22H18Cl2N2O4S/c1-11-7-9-13(10-8-11)19(27)26-21-16(22(29)30-3)12(2)18(31-21)20(28)25-15-6-4-5-14(23)17(15)24/h4-10H,1-3H3,(H,25,28)(H,26,27). The number of benzene rings is 2. The molecule has 2 aromatic carbocycles. The molecule has 0 saturated carbocycles. The molecule has 0 saturated heterocycles. The van der Waals surface area contributed by atoms with Gasteiger partial charge in [-0.25, -0.2) is 4.79 Å². The van der Waals surface area contributed by atoms with E-state index in [0.29, 0.717) is 21.8 Å². The molecule has 0 aliphatic carbocycles. The van der Waals surface area contributed by atoms with Gasteiger partial charge in [-0.05, 0) is 43.7 Å². The van der Waals surface area contributed by atoms with Crippen molar-refractivity contribution in [3.05, 3.63) is 79.6 Å². The Morgan fingerprint density at radius 1 is 0.935 bits per heavy atom. The highest BCUT2D eigenvalue weighted by molar-refractivity contribution is 7.19. The summed E-state index contributed by atoms with van der Waals surface area (Å²) in [7, 11) is 1.23. The van der Waals surface area contributed by atoms with Gasteiger partial charge in [-0.3, -0.25) is 9.59 Å². The van der Waals surface area contributed by atoms with Gasteiger partial charge >= 0.3 is 5.97 Å². The number of amides is 2. The third-order valence-corrected chi connectivity index (χ3v) is 6.51. The fourth-order valence-electron chi connectivity index (χ4n) is 2.83. The summed E-state index contributed by atoms with van der Waals surface area (Å²) in [5.74, 6) is -1.56. The molecule has 0 fully saturated rings. The molecule has 0 aliphatic rings. The minimum Gasteiger partial charge on any atom is -0.465 e. The second kappa shape index (κ2) is 9.51. The molecular weight excluding hydrogens is 459 g/mol. The van der Waals surface area contributed by atoms with Crippen molar-refractivity contribution in [3.8, 4) is 0 Å². The van der Waals surface area contributed by atoms with Gasteiger partial charge < -0.3 is 15.4 Å². The average Bonchev–Trinajstić information content (AvgIpc) is 3.07. The number of methoxy groups -OCH3 is 1.